The van der Waals surface area contributed by atoms with Crippen molar-refractivity contribution < 1.29 is 14.3 Å². The van der Waals surface area contributed by atoms with Crippen molar-refractivity contribution in [3.63, 3.8) is 0 Å². The summed E-state index contributed by atoms with van der Waals surface area (Å²) in [5.74, 6) is 1.95. The van der Waals surface area contributed by atoms with Gasteiger partial charge < -0.3 is 20.1 Å². The minimum Gasteiger partial charge on any atom is -0.486 e. The molecule has 0 fully saturated rings. The van der Waals surface area contributed by atoms with E-state index in [9.17, 15) is 4.79 Å². The Morgan fingerprint density at radius 3 is 2.55 bits per heavy atom. The summed E-state index contributed by atoms with van der Waals surface area (Å²) >= 11 is 0. The van der Waals surface area contributed by atoms with Gasteiger partial charge in [0.1, 0.15) is 13.2 Å². The number of nitrogens with one attached hydrogen (secondary N) is 2. The summed E-state index contributed by atoms with van der Waals surface area (Å²) < 4.78 is 12.9. The topological polar surface area (TPSA) is 89.8 Å². The molecule has 0 saturated heterocycles. The fourth-order valence-electron chi connectivity index (χ4n) is 3.11. The molecule has 0 unspecified atom stereocenters. The van der Waals surface area contributed by atoms with Crippen molar-refractivity contribution in [1.82, 2.24) is 14.4 Å². The smallest absolute Gasteiger partial charge is 0.323 e. The first-order chi connectivity index (χ1) is 14.2. The Kier molecular flexibility index (Phi) is 4.21. The Morgan fingerprint density at radius 1 is 0.966 bits per heavy atom. The number of anilines is 2. The van der Waals surface area contributed by atoms with Crippen LogP contribution in [0.5, 0.6) is 11.5 Å². The maximum Gasteiger partial charge on any atom is 0.323 e. The highest BCUT2D eigenvalue weighted by Gasteiger charge is 2.13. The van der Waals surface area contributed by atoms with Gasteiger partial charge in [-0.05, 0) is 30.3 Å². The van der Waals surface area contributed by atoms with Crippen LogP contribution in [0.2, 0.25) is 0 Å². The minimum atomic E-state index is -0.341. The van der Waals surface area contributed by atoms with Gasteiger partial charge in [0.25, 0.3) is 0 Å². The van der Waals surface area contributed by atoms with Crippen LogP contribution in [-0.4, -0.2) is 33.6 Å². The Bertz CT molecular complexity index is 1150. The fourth-order valence-corrected chi connectivity index (χ4v) is 3.11. The fraction of sp³-hybridized carbons (Fsp3) is 0.0952. The molecular formula is C21H17N5O3. The first kappa shape index (κ1) is 17.1. The van der Waals surface area contributed by atoms with Crippen molar-refractivity contribution in [3.8, 4) is 22.8 Å². The highest BCUT2D eigenvalue weighted by atomic mass is 16.6. The van der Waals surface area contributed by atoms with Crippen molar-refractivity contribution in [3.05, 3.63) is 67.1 Å². The number of imidazole rings is 1. The lowest BCUT2D eigenvalue weighted by Crippen LogP contribution is -2.20. The summed E-state index contributed by atoms with van der Waals surface area (Å²) in [5, 5.41) is 5.61. The second-order valence-corrected chi connectivity index (χ2v) is 6.47. The number of carbonyl (C=O) groups excluding carboxylic acids is 1. The van der Waals surface area contributed by atoms with E-state index in [1.165, 1.54) is 0 Å². The minimum absolute atomic E-state index is 0.341. The van der Waals surface area contributed by atoms with Gasteiger partial charge in [-0.15, -0.1) is 0 Å². The number of benzene rings is 2. The van der Waals surface area contributed by atoms with Crippen LogP contribution in [0, 0.1) is 0 Å². The van der Waals surface area contributed by atoms with E-state index in [1.807, 2.05) is 47.1 Å². The molecule has 2 aromatic carbocycles. The zero-order valence-corrected chi connectivity index (χ0v) is 15.3. The van der Waals surface area contributed by atoms with Gasteiger partial charge in [0.15, 0.2) is 11.5 Å². The number of hydrogen-bond acceptors (Lipinski definition) is 5. The molecule has 144 valence electrons. The van der Waals surface area contributed by atoms with Crippen molar-refractivity contribution in [2.75, 3.05) is 23.8 Å². The quantitative estimate of drug-likeness (QED) is 0.558. The third kappa shape index (κ3) is 3.55. The molecule has 1 aliphatic rings. The van der Waals surface area contributed by atoms with E-state index in [2.05, 4.69) is 20.6 Å². The van der Waals surface area contributed by atoms with E-state index in [0.29, 0.717) is 41.9 Å². The normalized spacial score (nSPS) is 12.6. The Balaban J connectivity index is 1.26. The van der Waals surface area contributed by atoms with Gasteiger partial charge in [0.05, 0.1) is 5.69 Å². The SMILES string of the molecule is O=C(Nc1ccc(-c2cn3cccnc3n2)cc1)Nc1ccc2c(c1)OCCO2. The molecule has 4 aromatic rings. The molecule has 5 rings (SSSR count). The van der Waals surface area contributed by atoms with Crippen LogP contribution in [0.25, 0.3) is 17.0 Å². The molecule has 8 heteroatoms. The molecule has 0 radical (unpaired) electrons. The standard InChI is InChI=1S/C21H17N5O3/c27-21(24-16-6-7-18-19(12-16)29-11-10-28-18)23-15-4-2-14(3-5-15)17-13-26-9-1-8-22-20(26)25-17/h1-9,12-13H,10-11H2,(H2,23,24,27). The maximum absolute atomic E-state index is 12.3. The lowest BCUT2D eigenvalue weighted by molar-refractivity contribution is 0.171. The number of nitrogens with zero attached hydrogens (tertiary/aromatic N) is 3. The van der Waals surface area contributed by atoms with E-state index < -0.39 is 0 Å². The third-order valence-corrected chi connectivity index (χ3v) is 4.47. The van der Waals surface area contributed by atoms with Crippen LogP contribution in [-0.2, 0) is 0 Å². The molecular weight excluding hydrogens is 370 g/mol. The number of ether oxygens (including phenoxy) is 2. The first-order valence-corrected chi connectivity index (χ1v) is 9.12. The Hall–Kier alpha value is -4.07. The second-order valence-electron chi connectivity index (χ2n) is 6.47. The van der Waals surface area contributed by atoms with Gasteiger partial charge in [-0.2, -0.15) is 0 Å². The van der Waals surface area contributed by atoms with Crippen molar-refractivity contribution in [2.24, 2.45) is 0 Å². The van der Waals surface area contributed by atoms with Crippen LogP contribution < -0.4 is 20.1 Å². The van der Waals surface area contributed by atoms with Gasteiger partial charge in [0.2, 0.25) is 5.78 Å². The summed E-state index contributed by atoms with van der Waals surface area (Å²) in [5.41, 5.74) is 3.05. The Labute approximate surface area is 166 Å². The summed E-state index contributed by atoms with van der Waals surface area (Å²) in [6, 6.07) is 14.3. The van der Waals surface area contributed by atoms with Crippen molar-refractivity contribution in [1.29, 1.82) is 0 Å². The number of hydrogen-bond donors (Lipinski definition) is 2. The third-order valence-electron chi connectivity index (χ3n) is 4.47. The lowest BCUT2D eigenvalue weighted by atomic mass is 10.1. The summed E-state index contributed by atoms with van der Waals surface area (Å²) in [4.78, 5) is 21.0. The molecule has 0 atom stereocenters. The molecule has 0 aliphatic carbocycles. The molecule has 0 spiro atoms. The highest BCUT2D eigenvalue weighted by molar-refractivity contribution is 6.00. The number of urea groups is 1. The zero-order valence-electron chi connectivity index (χ0n) is 15.3. The van der Waals surface area contributed by atoms with Gasteiger partial charge in [-0.3, -0.25) is 4.40 Å². The van der Waals surface area contributed by atoms with E-state index in [-0.39, 0.29) is 6.03 Å². The van der Waals surface area contributed by atoms with E-state index in [1.54, 1.807) is 24.4 Å². The average Bonchev–Trinajstić information content (AvgIpc) is 3.18. The number of amides is 2. The molecule has 3 heterocycles. The number of fused-ring (bicyclic) bond motifs is 2. The molecule has 2 N–H and O–H groups in total. The molecule has 2 aromatic heterocycles. The monoisotopic (exact) mass is 387 g/mol. The van der Waals surface area contributed by atoms with Gasteiger partial charge in [0, 0.05) is 41.6 Å². The molecule has 2 amide bonds. The summed E-state index contributed by atoms with van der Waals surface area (Å²) in [7, 11) is 0. The number of carbonyl (C=O) groups is 1. The van der Waals surface area contributed by atoms with Crippen LogP contribution in [0.1, 0.15) is 0 Å². The molecule has 1 aliphatic heterocycles. The number of aromatic nitrogens is 3. The first-order valence-electron chi connectivity index (χ1n) is 9.12. The van der Waals surface area contributed by atoms with Gasteiger partial charge in [-0.1, -0.05) is 12.1 Å². The predicted molar refractivity (Wildman–Crippen MR) is 108 cm³/mol. The van der Waals surface area contributed by atoms with Gasteiger partial charge in [-0.25, -0.2) is 14.8 Å². The van der Waals surface area contributed by atoms with Crippen LogP contribution in [0.4, 0.5) is 16.2 Å². The van der Waals surface area contributed by atoms with Crippen molar-refractivity contribution >= 4 is 23.2 Å². The van der Waals surface area contributed by atoms with Gasteiger partial charge >= 0.3 is 6.03 Å². The van der Waals surface area contributed by atoms with E-state index >= 15 is 0 Å². The average molecular weight is 387 g/mol. The van der Waals surface area contributed by atoms with E-state index in [0.717, 1.165) is 11.3 Å². The summed E-state index contributed by atoms with van der Waals surface area (Å²) in [6.45, 7) is 1.03. The van der Waals surface area contributed by atoms with E-state index in [4.69, 9.17) is 9.47 Å². The molecule has 8 nitrogen and oxygen atoms in total. The van der Waals surface area contributed by atoms with Crippen LogP contribution in [0.3, 0.4) is 0 Å². The predicted octanol–water partition coefficient (Wildman–Crippen LogP) is 3.81. The molecule has 0 saturated carbocycles. The maximum atomic E-state index is 12.3. The Morgan fingerprint density at radius 2 is 1.72 bits per heavy atom. The van der Waals surface area contributed by atoms with Crippen LogP contribution in [0.15, 0.2) is 67.1 Å². The molecule has 29 heavy (non-hydrogen) atoms. The largest absolute Gasteiger partial charge is 0.486 e. The lowest BCUT2D eigenvalue weighted by Gasteiger charge is -2.19. The van der Waals surface area contributed by atoms with Crippen LogP contribution >= 0.6 is 0 Å². The van der Waals surface area contributed by atoms with Crippen molar-refractivity contribution in [2.45, 2.75) is 0 Å². The second kappa shape index (κ2) is 7.16. The zero-order chi connectivity index (χ0) is 19.6. The summed E-state index contributed by atoms with van der Waals surface area (Å²) in [6.07, 6.45) is 5.52. The highest BCUT2D eigenvalue weighted by Crippen LogP contribution is 2.32. The molecule has 0 bridgehead atoms. The number of rotatable bonds is 3.